The van der Waals surface area contributed by atoms with E-state index in [1.54, 1.807) is 24.3 Å². The van der Waals surface area contributed by atoms with E-state index < -0.39 is 0 Å². The summed E-state index contributed by atoms with van der Waals surface area (Å²) in [7, 11) is 1.85. The number of nitrogens with zero attached hydrogens (tertiary/aromatic N) is 3. The quantitative estimate of drug-likeness (QED) is 0.690. The first-order chi connectivity index (χ1) is 12.6. The van der Waals surface area contributed by atoms with E-state index in [4.69, 9.17) is 21.1 Å². The molecule has 0 bridgehead atoms. The molecule has 1 N–H and O–H groups in total. The molecule has 1 aromatic heterocycles. The lowest BCUT2D eigenvalue weighted by molar-refractivity contribution is -0.119. The van der Waals surface area contributed by atoms with Gasteiger partial charge in [-0.3, -0.25) is 4.79 Å². The molecule has 26 heavy (non-hydrogen) atoms. The summed E-state index contributed by atoms with van der Waals surface area (Å²) in [6, 6.07) is 7.13. The number of hydrogen-bond donors (Lipinski definition) is 1. The molecule has 1 aliphatic rings. The number of carbonyl (C=O) groups excluding carboxylic acids is 1. The Morgan fingerprint density at radius 3 is 2.96 bits per heavy atom. The maximum Gasteiger partial charge on any atom is 0.230 e. The highest BCUT2D eigenvalue weighted by Crippen LogP contribution is 2.19. The topological polar surface area (TPSA) is 78.3 Å². The summed E-state index contributed by atoms with van der Waals surface area (Å²) in [5.41, 5.74) is 0. The number of halogens is 1. The van der Waals surface area contributed by atoms with Crippen LogP contribution in [0.25, 0.3) is 0 Å². The fraction of sp³-hybridized carbons (Fsp3) is 0.471. The minimum Gasteiger partial charge on any atom is -0.486 e. The molecule has 1 amide bonds. The Morgan fingerprint density at radius 1 is 1.42 bits per heavy atom. The molecule has 0 saturated carbocycles. The van der Waals surface area contributed by atoms with Crippen molar-refractivity contribution >= 4 is 29.3 Å². The first-order valence-corrected chi connectivity index (χ1v) is 9.76. The number of ether oxygens (including phenoxy) is 2. The van der Waals surface area contributed by atoms with Gasteiger partial charge in [0.1, 0.15) is 12.4 Å². The van der Waals surface area contributed by atoms with Crippen molar-refractivity contribution in [2.24, 2.45) is 7.05 Å². The maximum absolute atomic E-state index is 11.9. The Morgan fingerprint density at radius 2 is 2.23 bits per heavy atom. The molecule has 2 heterocycles. The number of nitrogens with one attached hydrogen (secondary N) is 1. The van der Waals surface area contributed by atoms with E-state index in [0.29, 0.717) is 28.3 Å². The molecule has 1 fully saturated rings. The van der Waals surface area contributed by atoms with Gasteiger partial charge in [0.15, 0.2) is 11.0 Å². The van der Waals surface area contributed by atoms with Crippen molar-refractivity contribution in [3.05, 3.63) is 35.1 Å². The molecule has 1 atom stereocenters. The number of carbonyl (C=O) groups is 1. The predicted molar refractivity (Wildman–Crippen MR) is 99.5 cm³/mol. The van der Waals surface area contributed by atoms with Crippen LogP contribution in [0.15, 0.2) is 29.4 Å². The first kappa shape index (κ1) is 19.0. The lowest BCUT2D eigenvalue weighted by Crippen LogP contribution is -2.32. The lowest BCUT2D eigenvalue weighted by Gasteiger charge is -2.10. The van der Waals surface area contributed by atoms with Crippen molar-refractivity contribution in [1.82, 2.24) is 20.1 Å². The van der Waals surface area contributed by atoms with Gasteiger partial charge in [0.2, 0.25) is 5.91 Å². The zero-order valence-corrected chi connectivity index (χ0v) is 16.1. The normalized spacial score (nSPS) is 16.6. The van der Waals surface area contributed by atoms with E-state index in [0.717, 1.165) is 19.4 Å². The fourth-order valence-electron chi connectivity index (χ4n) is 2.49. The minimum atomic E-state index is -0.0348. The Hall–Kier alpha value is -1.77. The number of rotatable bonds is 8. The van der Waals surface area contributed by atoms with Crippen molar-refractivity contribution in [1.29, 1.82) is 0 Å². The smallest absolute Gasteiger partial charge is 0.230 e. The van der Waals surface area contributed by atoms with E-state index in [9.17, 15) is 4.79 Å². The van der Waals surface area contributed by atoms with Gasteiger partial charge in [-0.25, -0.2) is 0 Å². The van der Waals surface area contributed by atoms with Gasteiger partial charge < -0.3 is 19.4 Å². The van der Waals surface area contributed by atoms with Gasteiger partial charge in [-0.2, -0.15) is 0 Å². The maximum atomic E-state index is 11.9. The third kappa shape index (κ3) is 5.36. The zero-order valence-electron chi connectivity index (χ0n) is 14.5. The summed E-state index contributed by atoms with van der Waals surface area (Å²) in [6.07, 6.45) is 2.22. The molecule has 2 aromatic rings. The van der Waals surface area contributed by atoms with Crippen molar-refractivity contribution in [2.45, 2.75) is 30.7 Å². The van der Waals surface area contributed by atoms with Crippen molar-refractivity contribution in [3.8, 4) is 5.75 Å². The molecule has 1 aliphatic heterocycles. The van der Waals surface area contributed by atoms with E-state index >= 15 is 0 Å². The van der Waals surface area contributed by atoms with E-state index in [2.05, 4.69) is 15.5 Å². The Bertz CT molecular complexity index is 732. The number of thioether (sulfide) groups is 1. The second-order valence-corrected chi connectivity index (χ2v) is 7.31. The molecule has 140 valence electrons. The molecule has 9 heteroatoms. The standard InChI is InChI=1S/C17H21ClN4O3S/c1-22-15(10-25-13-6-4-12(18)5-7-13)20-21-17(22)26-11-16(23)19-9-14-3-2-8-24-14/h4-7,14H,2-3,8-11H2,1H3,(H,19,23)/t14-/m1/s1. The van der Waals surface area contributed by atoms with E-state index in [1.807, 2.05) is 11.6 Å². The monoisotopic (exact) mass is 396 g/mol. The molecule has 3 rings (SSSR count). The van der Waals surface area contributed by atoms with Crippen LogP contribution in [0, 0.1) is 0 Å². The Balaban J connectivity index is 1.44. The van der Waals surface area contributed by atoms with E-state index in [-0.39, 0.29) is 24.4 Å². The summed E-state index contributed by atoms with van der Waals surface area (Å²) in [6.45, 7) is 1.64. The molecule has 0 unspecified atom stereocenters. The van der Waals surface area contributed by atoms with Gasteiger partial charge in [-0.1, -0.05) is 23.4 Å². The van der Waals surface area contributed by atoms with Crippen LogP contribution < -0.4 is 10.1 Å². The first-order valence-electron chi connectivity index (χ1n) is 8.39. The third-order valence-corrected chi connectivity index (χ3v) is 5.26. The number of amides is 1. The lowest BCUT2D eigenvalue weighted by atomic mass is 10.2. The molecule has 0 aliphatic carbocycles. The van der Waals surface area contributed by atoms with Gasteiger partial charge in [-0.15, -0.1) is 10.2 Å². The van der Waals surface area contributed by atoms with Gasteiger partial charge in [-0.05, 0) is 37.1 Å². The van der Waals surface area contributed by atoms with Crippen LogP contribution in [0.5, 0.6) is 5.75 Å². The largest absolute Gasteiger partial charge is 0.486 e. The predicted octanol–water partition coefficient (Wildman–Crippen LogP) is 2.43. The zero-order chi connectivity index (χ0) is 18.4. The Labute approximate surface area is 161 Å². The minimum absolute atomic E-state index is 0.0348. The van der Waals surface area contributed by atoms with Crippen LogP contribution in [0.3, 0.4) is 0 Å². The summed E-state index contributed by atoms with van der Waals surface area (Å²) in [4.78, 5) is 11.9. The second-order valence-electron chi connectivity index (χ2n) is 5.93. The van der Waals surface area contributed by atoms with Crippen molar-refractivity contribution in [3.63, 3.8) is 0 Å². The Kier molecular flexibility index (Phi) is 6.76. The number of hydrogen-bond acceptors (Lipinski definition) is 6. The average molecular weight is 397 g/mol. The van der Waals surface area contributed by atoms with Crippen molar-refractivity contribution < 1.29 is 14.3 Å². The van der Waals surface area contributed by atoms with E-state index in [1.165, 1.54) is 11.8 Å². The molecule has 1 aromatic carbocycles. The van der Waals surface area contributed by atoms with Gasteiger partial charge in [0.05, 0.1) is 11.9 Å². The molecular formula is C17H21ClN4O3S. The van der Waals surface area contributed by atoms with Crippen LogP contribution in [0.4, 0.5) is 0 Å². The van der Waals surface area contributed by atoms with Gasteiger partial charge >= 0.3 is 0 Å². The number of benzene rings is 1. The van der Waals surface area contributed by atoms with Crippen LogP contribution in [0.1, 0.15) is 18.7 Å². The molecule has 0 radical (unpaired) electrons. The highest BCUT2D eigenvalue weighted by molar-refractivity contribution is 7.99. The third-order valence-electron chi connectivity index (χ3n) is 3.99. The summed E-state index contributed by atoms with van der Waals surface area (Å²) < 4.78 is 13.0. The summed E-state index contributed by atoms with van der Waals surface area (Å²) in [5.74, 6) is 1.64. The van der Waals surface area contributed by atoms with Crippen LogP contribution in [-0.2, 0) is 23.2 Å². The second kappa shape index (κ2) is 9.25. The highest BCUT2D eigenvalue weighted by atomic mass is 35.5. The van der Waals surface area contributed by atoms with Gasteiger partial charge in [0.25, 0.3) is 0 Å². The van der Waals surface area contributed by atoms with Crippen LogP contribution in [0.2, 0.25) is 5.02 Å². The fourth-order valence-corrected chi connectivity index (χ4v) is 3.38. The highest BCUT2D eigenvalue weighted by Gasteiger charge is 2.17. The van der Waals surface area contributed by atoms with Crippen LogP contribution in [-0.4, -0.2) is 45.7 Å². The van der Waals surface area contributed by atoms with Gasteiger partial charge in [0, 0.05) is 25.2 Å². The summed E-state index contributed by atoms with van der Waals surface area (Å²) in [5, 5.41) is 12.5. The molecule has 0 spiro atoms. The summed E-state index contributed by atoms with van der Waals surface area (Å²) >= 11 is 7.20. The van der Waals surface area contributed by atoms with Crippen LogP contribution >= 0.6 is 23.4 Å². The van der Waals surface area contributed by atoms with Crippen molar-refractivity contribution in [2.75, 3.05) is 18.9 Å². The molecular weight excluding hydrogens is 376 g/mol. The molecule has 1 saturated heterocycles. The SMILES string of the molecule is Cn1c(COc2ccc(Cl)cc2)nnc1SCC(=O)NC[C@H]1CCCO1. The molecule has 7 nitrogen and oxygen atoms in total. The number of aromatic nitrogens is 3. The average Bonchev–Trinajstić information content (AvgIpc) is 3.28.